The van der Waals surface area contributed by atoms with E-state index in [0.717, 1.165) is 25.3 Å². The first kappa shape index (κ1) is 10.9. The summed E-state index contributed by atoms with van der Waals surface area (Å²) in [4.78, 5) is 4.38. The van der Waals surface area contributed by atoms with Crippen LogP contribution < -0.4 is 5.32 Å². The van der Waals surface area contributed by atoms with Gasteiger partial charge in [0.2, 0.25) is 0 Å². The van der Waals surface area contributed by atoms with E-state index < -0.39 is 0 Å². The first-order chi connectivity index (χ1) is 7.15. The van der Waals surface area contributed by atoms with Crippen LogP contribution in [-0.4, -0.2) is 4.98 Å². The van der Waals surface area contributed by atoms with E-state index >= 15 is 0 Å². The van der Waals surface area contributed by atoms with Crippen molar-refractivity contribution in [2.24, 2.45) is 0 Å². The van der Waals surface area contributed by atoms with Crippen molar-refractivity contribution in [2.45, 2.75) is 6.92 Å². The predicted octanol–water partition coefficient (Wildman–Crippen LogP) is 4.61. The minimum Gasteiger partial charge on any atom is -0.332 e. The molecule has 0 aliphatic rings. The van der Waals surface area contributed by atoms with Crippen LogP contribution in [0.1, 0.15) is 5.69 Å². The van der Waals surface area contributed by atoms with Crippen LogP contribution in [0.5, 0.6) is 0 Å². The van der Waals surface area contributed by atoms with Crippen LogP contribution >= 0.6 is 38.9 Å². The van der Waals surface area contributed by atoms with Gasteiger partial charge in [0.15, 0.2) is 0 Å². The van der Waals surface area contributed by atoms with Gasteiger partial charge in [-0.05, 0) is 47.1 Å². The van der Waals surface area contributed by atoms with Gasteiger partial charge in [0, 0.05) is 4.47 Å². The van der Waals surface area contributed by atoms with Gasteiger partial charge in [-0.3, -0.25) is 0 Å². The molecule has 0 spiro atoms. The molecule has 0 bridgehead atoms. The minimum absolute atomic E-state index is 0.770. The fourth-order valence-corrected chi connectivity index (χ4v) is 2.29. The van der Waals surface area contributed by atoms with Crippen LogP contribution in [0.15, 0.2) is 28.7 Å². The number of thiophene rings is 1. The molecule has 0 atom stereocenters. The lowest BCUT2D eigenvalue weighted by atomic mass is 10.4. The van der Waals surface area contributed by atoms with Crippen molar-refractivity contribution in [1.82, 2.24) is 4.98 Å². The Kier molecular flexibility index (Phi) is 3.29. The largest absolute Gasteiger partial charge is 0.332 e. The van der Waals surface area contributed by atoms with E-state index in [0.29, 0.717) is 0 Å². The van der Waals surface area contributed by atoms with Crippen molar-refractivity contribution in [3.05, 3.63) is 38.8 Å². The molecule has 2 aromatic heterocycles. The Labute approximate surface area is 105 Å². The van der Waals surface area contributed by atoms with Crippen LogP contribution in [0.2, 0.25) is 4.34 Å². The summed E-state index contributed by atoms with van der Waals surface area (Å²) in [5.41, 5.74) is 0.961. The van der Waals surface area contributed by atoms with E-state index in [1.165, 1.54) is 11.3 Å². The number of pyridine rings is 1. The third-order valence-corrected chi connectivity index (χ3v) is 3.83. The Bertz CT molecular complexity index is 484. The van der Waals surface area contributed by atoms with Gasteiger partial charge in [-0.1, -0.05) is 11.6 Å². The summed E-state index contributed by atoms with van der Waals surface area (Å²) in [7, 11) is 0. The molecule has 2 rings (SSSR count). The quantitative estimate of drug-likeness (QED) is 0.876. The summed E-state index contributed by atoms with van der Waals surface area (Å²) >= 11 is 10.7. The van der Waals surface area contributed by atoms with E-state index in [4.69, 9.17) is 11.6 Å². The molecule has 78 valence electrons. The van der Waals surface area contributed by atoms with Crippen LogP contribution in [-0.2, 0) is 0 Å². The van der Waals surface area contributed by atoms with Crippen molar-refractivity contribution < 1.29 is 0 Å². The van der Waals surface area contributed by atoms with Crippen molar-refractivity contribution in [3.8, 4) is 0 Å². The molecular formula is C10H8BrClN2S. The number of nitrogens with one attached hydrogen (secondary N) is 1. The Hall–Kier alpha value is -0.580. The third kappa shape index (κ3) is 2.71. The van der Waals surface area contributed by atoms with Gasteiger partial charge in [0.25, 0.3) is 0 Å². The lowest BCUT2D eigenvalue weighted by Crippen LogP contribution is -1.93. The van der Waals surface area contributed by atoms with Gasteiger partial charge in [0.1, 0.15) is 5.82 Å². The molecule has 15 heavy (non-hydrogen) atoms. The summed E-state index contributed by atoms with van der Waals surface area (Å²) in [6, 6.07) is 7.69. The van der Waals surface area contributed by atoms with E-state index in [9.17, 15) is 0 Å². The van der Waals surface area contributed by atoms with Gasteiger partial charge in [-0.2, -0.15) is 0 Å². The van der Waals surface area contributed by atoms with Crippen LogP contribution in [0, 0.1) is 6.92 Å². The molecule has 0 saturated heterocycles. The minimum atomic E-state index is 0.770. The molecule has 2 nitrogen and oxygen atoms in total. The number of aryl methyl sites for hydroxylation is 1. The maximum atomic E-state index is 5.83. The maximum absolute atomic E-state index is 5.83. The summed E-state index contributed by atoms with van der Waals surface area (Å²) in [6.45, 7) is 1.96. The highest BCUT2D eigenvalue weighted by atomic mass is 79.9. The van der Waals surface area contributed by atoms with Crippen LogP contribution in [0.3, 0.4) is 0 Å². The smallest absolute Gasteiger partial charge is 0.131 e. The molecule has 0 radical (unpaired) electrons. The highest BCUT2D eigenvalue weighted by Gasteiger charge is 2.01. The standard InChI is InChI=1S/C10H8BrClN2S/c1-6-7(11)2-4-9(13-6)14-10-5-3-8(12)15-10/h2-5H,1H3,(H,13,14). The van der Waals surface area contributed by atoms with Crippen molar-refractivity contribution in [2.75, 3.05) is 5.32 Å². The normalized spacial score (nSPS) is 10.3. The zero-order valence-corrected chi connectivity index (χ0v) is 11.1. The van der Waals surface area contributed by atoms with Crippen LogP contribution in [0.4, 0.5) is 10.8 Å². The van der Waals surface area contributed by atoms with Gasteiger partial charge in [0.05, 0.1) is 15.0 Å². The topological polar surface area (TPSA) is 24.9 Å². The molecule has 5 heteroatoms. The number of anilines is 2. The number of hydrogen-bond donors (Lipinski definition) is 1. The highest BCUT2D eigenvalue weighted by molar-refractivity contribution is 9.10. The summed E-state index contributed by atoms with van der Waals surface area (Å²) < 4.78 is 1.78. The monoisotopic (exact) mass is 302 g/mol. The molecule has 0 aliphatic heterocycles. The fourth-order valence-electron chi connectivity index (χ4n) is 1.12. The Morgan fingerprint density at radius 2 is 2.13 bits per heavy atom. The molecule has 0 aliphatic carbocycles. The Balaban J connectivity index is 2.21. The predicted molar refractivity (Wildman–Crippen MR) is 69.3 cm³/mol. The molecule has 2 aromatic rings. The second-order valence-electron chi connectivity index (χ2n) is 2.99. The molecule has 0 fully saturated rings. The Morgan fingerprint density at radius 1 is 1.33 bits per heavy atom. The zero-order valence-electron chi connectivity index (χ0n) is 7.92. The SMILES string of the molecule is Cc1nc(Nc2ccc(Cl)s2)ccc1Br. The fraction of sp³-hybridized carbons (Fsp3) is 0.100. The number of nitrogens with zero attached hydrogens (tertiary/aromatic N) is 1. The molecule has 0 saturated carbocycles. The molecule has 2 heterocycles. The summed E-state index contributed by atoms with van der Waals surface area (Å²) in [6.07, 6.45) is 0. The van der Waals surface area contributed by atoms with Gasteiger partial charge in [-0.25, -0.2) is 4.98 Å². The number of aromatic nitrogens is 1. The molecule has 1 N–H and O–H groups in total. The van der Waals surface area contributed by atoms with E-state index in [-0.39, 0.29) is 0 Å². The molecule has 0 amide bonds. The van der Waals surface area contributed by atoms with E-state index in [1.807, 2.05) is 31.2 Å². The van der Waals surface area contributed by atoms with E-state index in [2.05, 4.69) is 26.2 Å². The van der Waals surface area contributed by atoms with Crippen molar-refractivity contribution >= 4 is 49.7 Å². The number of rotatable bonds is 2. The zero-order chi connectivity index (χ0) is 10.8. The van der Waals surface area contributed by atoms with Crippen molar-refractivity contribution in [1.29, 1.82) is 0 Å². The average molecular weight is 304 g/mol. The lowest BCUT2D eigenvalue weighted by Gasteiger charge is -2.04. The number of halogens is 2. The van der Waals surface area contributed by atoms with Crippen LogP contribution in [0.25, 0.3) is 0 Å². The first-order valence-corrected chi connectivity index (χ1v) is 6.29. The molecule has 0 unspecified atom stereocenters. The summed E-state index contributed by atoms with van der Waals surface area (Å²) in [5.74, 6) is 0.828. The van der Waals surface area contributed by atoms with E-state index in [1.54, 1.807) is 0 Å². The highest BCUT2D eigenvalue weighted by Crippen LogP contribution is 2.28. The average Bonchev–Trinajstić information content (AvgIpc) is 2.58. The molecular weight excluding hydrogens is 296 g/mol. The first-order valence-electron chi connectivity index (χ1n) is 4.30. The Morgan fingerprint density at radius 3 is 2.73 bits per heavy atom. The lowest BCUT2D eigenvalue weighted by molar-refractivity contribution is 1.18. The maximum Gasteiger partial charge on any atom is 0.131 e. The second kappa shape index (κ2) is 4.51. The van der Waals surface area contributed by atoms with Gasteiger partial charge in [-0.15, -0.1) is 11.3 Å². The van der Waals surface area contributed by atoms with Gasteiger partial charge < -0.3 is 5.32 Å². The molecule has 0 aromatic carbocycles. The third-order valence-electron chi connectivity index (χ3n) is 1.85. The van der Waals surface area contributed by atoms with Crippen molar-refractivity contribution in [3.63, 3.8) is 0 Å². The number of hydrogen-bond acceptors (Lipinski definition) is 3. The van der Waals surface area contributed by atoms with Gasteiger partial charge >= 0.3 is 0 Å². The summed E-state index contributed by atoms with van der Waals surface area (Å²) in [5, 5.41) is 4.19. The second-order valence-corrected chi connectivity index (χ2v) is 5.56.